The maximum atomic E-state index is 10.7. The lowest BCUT2D eigenvalue weighted by Crippen LogP contribution is -2.53. The van der Waals surface area contributed by atoms with Crippen molar-refractivity contribution in [3.05, 3.63) is 0 Å². The Bertz CT molecular complexity index is 250. The molecule has 0 radical (unpaired) electrons. The number of hydrogen-bond acceptors (Lipinski definition) is 3. The maximum Gasteiger partial charge on any atom is 0.0684 e. The third-order valence-electron chi connectivity index (χ3n) is 4.24. The molecule has 0 aromatic carbocycles. The quantitative estimate of drug-likeness (QED) is 0.717. The molecule has 3 heteroatoms. The molecule has 3 rings (SSSR count). The molecule has 2 N–H and O–H groups in total. The van der Waals surface area contributed by atoms with Gasteiger partial charge in [-0.1, -0.05) is 6.92 Å². The van der Waals surface area contributed by atoms with Gasteiger partial charge in [0.2, 0.25) is 0 Å². The fourth-order valence-electron chi connectivity index (χ4n) is 3.72. The first-order chi connectivity index (χ1) is 7.07. The van der Waals surface area contributed by atoms with Crippen LogP contribution in [0.4, 0.5) is 0 Å². The molecule has 2 unspecified atom stereocenters. The van der Waals surface area contributed by atoms with E-state index in [2.05, 4.69) is 12.2 Å². The molecule has 3 nitrogen and oxygen atoms in total. The van der Waals surface area contributed by atoms with Crippen LogP contribution in [-0.2, 0) is 4.74 Å². The third-order valence-corrected chi connectivity index (χ3v) is 4.24. The molecule has 3 saturated heterocycles. The zero-order chi connectivity index (χ0) is 10.5. The van der Waals surface area contributed by atoms with E-state index in [1.165, 1.54) is 12.8 Å². The van der Waals surface area contributed by atoms with Gasteiger partial charge in [0.25, 0.3) is 0 Å². The highest BCUT2D eigenvalue weighted by Crippen LogP contribution is 2.43. The average Bonchev–Trinajstić information content (AvgIpc) is 2.43. The fourth-order valence-corrected chi connectivity index (χ4v) is 3.72. The first-order valence-electron chi connectivity index (χ1n) is 6.13. The second kappa shape index (κ2) is 3.19. The Morgan fingerprint density at radius 3 is 2.33 bits per heavy atom. The van der Waals surface area contributed by atoms with Gasteiger partial charge in [0.15, 0.2) is 0 Å². The first kappa shape index (κ1) is 10.1. The predicted octanol–water partition coefficient (Wildman–Crippen LogP) is 1.06. The Hall–Kier alpha value is -0.120. The standard InChI is InChI=1S/C12H21NO2/c1-11(7-15-8-11)6-12(14)4-9-2-3-10(5-12)13-9/h9-10,13-14H,2-8H2,1H3. The van der Waals surface area contributed by atoms with Crippen molar-refractivity contribution in [1.29, 1.82) is 0 Å². The van der Waals surface area contributed by atoms with Crippen molar-refractivity contribution in [3.8, 4) is 0 Å². The summed E-state index contributed by atoms with van der Waals surface area (Å²) in [7, 11) is 0. The van der Waals surface area contributed by atoms with Gasteiger partial charge >= 0.3 is 0 Å². The van der Waals surface area contributed by atoms with E-state index in [1.54, 1.807) is 0 Å². The minimum Gasteiger partial charge on any atom is -0.390 e. The summed E-state index contributed by atoms with van der Waals surface area (Å²) in [5.74, 6) is 0. The van der Waals surface area contributed by atoms with Crippen LogP contribution in [0, 0.1) is 5.41 Å². The molecule has 86 valence electrons. The largest absolute Gasteiger partial charge is 0.390 e. The van der Waals surface area contributed by atoms with Crippen LogP contribution in [0.15, 0.2) is 0 Å². The molecule has 0 spiro atoms. The van der Waals surface area contributed by atoms with E-state index in [-0.39, 0.29) is 5.41 Å². The van der Waals surface area contributed by atoms with Crippen LogP contribution in [0.5, 0.6) is 0 Å². The van der Waals surface area contributed by atoms with Gasteiger partial charge in [-0.05, 0) is 32.1 Å². The maximum absolute atomic E-state index is 10.7. The Morgan fingerprint density at radius 1 is 1.27 bits per heavy atom. The lowest BCUT2D eigenvalue weighted by Gasteiger charge is -2.46. The summed E-state index contributed by atoms with van der Waals surface area (Å²) >= 11 is 0. The molecule has 2 bridgehead atoms. The van der Waals surface area contributed by atoms with E-state index in [0.717, 1.165) is 32.5 Å². The molecule has 3 aliphatic rings. The summed E-state index contributed by atoms with van der Waals surface area (Å²) in [4.78, 5) is 0. The lowest BCUT2D eigenvalue weighted by molar-refractivity contribution is -0.149. The number of ether oxygens (including phenoxy) is 1. The van der Waals surface area contributed by atoms with E-state index in [4.69, 9.17) is 4.74 Å². The molecular formula is C12H21NO2. The van der Waals surface area contributed by atoms with Gasteiger partial charge in [-0.15, -0.1) is 0 Å². The minimum absolute atomic E-state index is 0.242. The van der Waals surface area contributed by atoms with Crippen molar-refractivity contribution in [2.75, 3.05) is 13.2 Å². The second-order valence-electron chi connectivity index (χ2n) is 6.25. The number of fused-ring (bicyclic) bond motifs is 2. The molecule has 3 heterocycles. The van der Waals surface area contributed by atoms with Crippen molar-refractivity contribution in [3.63, 3.8) is 0 Å². The smallest absolute Gasteiger partial charge is 0.0684 e. The molecule has 0 saturated carbocycles. The molecule has 3 aliphatic heterocycles. The average molecular weight is 211 g/mol. The Kier molecular flexibility index (Phi) is 2.14. The molecule has 0 aliphatic carbocycles. The van der Waals surface area contributed by atoms with Gasteiger partial charge in [0, 0.05) is 17.5 Å². The van der Waals surface area contributed by atoms with Crippen molar-refractivity contribution < 1.29 is 9.84 Å². The summed E-state index contributed by atoms with van der Waals surface area (Å²) in [6, 6.07) is 1.14. The zero-order valence-electron chi connectivity index (χ0n) is 9.46. The van der Waals surface area contributed by atoms with E-state index in [9.17, 15) is 5.11 Å². The van der Waals surface area contributed by atoms with E-state index >= 15 is 0 Å². The second-order valence-corrected chi connectivity index (χ2v) is 6.25. The number of nitrogens with one attached hydrogen (secondary N) is 1. The highest BCUT2D eigenvalue weighted by Gasteiger charge is 2.47. The van der Waals surface area contributed by atoms with E-state index in [1.807, 2.05) is 0 Å². The summed E-state index contributed by atoms with van der Waals surface area (Å²) in [6.45, 7) is 3.90. The SMILES string of the molecule is CC1(CC2(O)CC3CCC(C2)N3)COC1. The molecule has 3 fully saturated rings. The van der Waals surface area contributed by atoms with Crippen LogP contribution in [-0.4, -0.2) is 36.0 Å². The topological polar surface area (TPSA) is 41.5 Å². The van der Waals surface area contributed by atoms with Crippen molar-refractivity contribution in [2.45, 2.75) is 56.7 Å². The first-order valence-corrected chi connectivity index (χ1v) is 6.13. The van der Waals surface area contributed by atoms with Crippen LogP contribution in [0.2, 0.25) is 0 Å². The lowest BCUT2D eigenvalue weighted by atomic mass is 9.72. The highest BCUT2D eigenvalue weighted by atomic mass is 16.5. The summed E-state index contributed by atoms with van der Waals surface area (Å²) < 4.78 is 5.27. The van der Waals surface area contributed by atoms with Crippen LogP contribution >= 0.6 is 0 Å². The Morgan fingerprint density at radius 2 is 1.87 bits per heavy atom. The summed E-state index contributed by atoms with van der Waals surface area (Å²) in [5.41, 5.74) is -0.179. The molecule has 15 heavy (non-hydrogen) atoms. The normalized spacial score (nSPS) is 47.6. The molecule has 0 amide bonds. The van der Waals surface area contributed by atoms with Crippen molar-refractivity contribution in [1.82, 2.24) is 5.32 Å². The van der Waals surface area contributed by atoms with Crippen LogP contribution in [0.3, 0.4) is 0 Å². The molecular weight excluding hydrogens is 190 g/mol. The van der Waals surface area contributed by atoms with Gasteiger partial charge in [-0.25, -0.2) is 0 Å². The number of hydrogen-bond donors (Lipinski definition) is 2. The zero-order valence-corrected chi connectivity index (χ0v) is 9.46. The highest BCUT2D eigenvalue weighted by molar-refractivity contribution is 5.02. The van der Waals surface area contributed by atoms with Crippen LogP contribution in [0.25, 0.3) is 0 Å². The summed E-state index contributed by atoms with van der Waals surface area (Å²) in [6.07, 6.45) is 5.31. The van der Waals surface area contributed by atoms with Gasteiger partial charge in [-0.3, -0.25) is 0 Å². The predicted molar refractivity (Wildman–Crippen MR) is 57.7 cm³/mol. The molecule has 0 aromatic heterocycles. The van der Waals surface area contributed by atoms with Crippen molar-refractivity contribution in [2.24, 2.45) is 5.41 Å². The molecule has 2 atom stereocenters. The minimum atomic E-state index is -0.421. The Labute approximate surface area is 91.2 Å². The number of rotatable bonds is 2. The number of piperidine rings is 1. The van der Waals surface area contributed by atoms with Gasteiger partial charge in [-0.2, -0.15) is 0 Å². The fraction of sp³-hybridized carbons (Fsp3) is 1.00. The van der Waals surface area contributed by atoms with E-state index < -0.39 is 5.60 Å². The molecule has 0 aromatic rings. The summed E-state index contributed by atoms with van der Waals surface area (Å²) in [5, 5.41) is 14.2. The number of aliphatic hydroxyl groups is 1. The third kappa shape index (κ3) is 1.81. The van der Waals surface area contributed by atoms with E-state index in [0.29, 0.717) is 12.1 Å². The Balaban J connectivity index is 1.68. The monoisotopic (exact) mass is 211 g/mol. The van der Waals surface area contributed by atoms with Crippen LogP contribution < -0.4 is 5.32 Å². The van der Waals surface area contributed by atoms with Crippen molar-refractivity contribution >= 4 is 0 Å². The van der Waals surface area contributed by atoms with Gasteiger partial charge in [0.05, 0.1) is 18.8 Å². The van der Waals surface area contributed by atoms with Gasteiger partial charge < -0.3 is 15.2 Å². The van der Waals surface area contributed by atoms with Crippen LogP contribution in [0.1, 0.15) is 39.0 Å². The van der Waals surface area contributed by atoms with Gasteiger partial charge in [0.1, 0.15) is 0 Å².